The fraction of sp³-hybridized carbons (Fsp3) is 0.286. The number of aliphatic hydroxyl groups is 1. The quantitative estimate of drug-likeness (QED) is 0.900. The second-order valence-corrected chi connectivity index (χ2v) is 4.23. The summed E-state index contributed by atoms with van der Waals surface area (Å²) in [6, 6.07) is 5.96. The zero-order chi connectivity index (χ0) is 14.5. The predicted octanol–water partition coefficient (Wildman–Crippen LogP) is 1.47. The number of hydrogen-bond donors (Lipinski definition) is 1. The summed E-state index contributed by atoms with van der Waals surface area (Å²) in [6.45, 7) is 2.38. The fourth-order valence-corrected chi connectivity index (χ4v) is 1.94. The minimum absolute atomic E-state index is 0.118. The minimum atomic E-state index is -0.514. The molecule has 1 amide bonds. The Balaban J connectivity index is 2.27. The van der Waals surface area contributed by atoms with E-state index in [4.69, 9.17) is 5.11 Å². The van der Waals surface area contributed by atoms with Crippen LogP contribution in [0.25, 0.3) is 5.69 Å². The Kier molecular flexibility index (Phi) is 4.47. The number of nitrogens with zero attached hydrogens (tertiary/aromatic N) is 3. The summed E-state index contributed by atoms with van der Waals surface area (Å²) < 4.78 is 15.4. The van der Waals surface area contributed by atoms with Gasteiger partial charge in [-0.2, -0.15) is 5.10 Å². The molecule has 0 saturated carbocycles. The van der Waals surface area contributed by atoms with E-state index in [1.807, 2.05) is 6.92 Å². The highest BCUT2D eigenvalue weighted by Crippen LogP contribution is 2.15. The van der Waals surface area contributed by atoms with Crippen LogP contribution in [0.3, 0.4) is 0 Å². The summed E-state index contributed by atoms with van der Waals surface area (Å²) in [4.78, 5) is 13.6. The third kappa shape index (κ3) is 2.85. The van der Waals surface area contributed by atoms with Gasteiger partial charge in [-0.15, -0.1) is 0 Å². The van der Waals surface area contributed by atoms with E-state index in [2.05, 4.69) is 5.10 Å². The SMILES string of the molecule is CCN(CCO)C(=O)c1ccc(-n2cccn2)c(F)c1. The summed E-state index contributed by atoms with van der Waals surface area (Å²) in [5.41, 5.74) is 0.547. The van der Waals surface area contributed by atoms with E-state index in [1.54, 1.807) is 24.5 Å². The van der Waals surface area contributed by atoms with Gasteiger partial charge in [-0.1, -0.05) is 0 Å². The topological polar surface area (TPSA) is 58.4 Å². The highest BCUT2D eigenvalue weighted by atomic mass is 19.1. The fourth-order valence-electron chi connectivity index (χ4n) is 1.94. The van der Waals surface area contributed by atoms with Crippen LogP contribution in [0.2, 0.25) is 0 Å². The van der Waals surface area contributed by atoms with Crippen LogP contribution in [0.4, 0.5) is 4.39 Å². The molecule has 106 valence electrons. The molecule has 1 N–H and O–H groups in total. The van der Waals surface area contributed by atoms with Crippen LogP contribution in [0.15, 0.2) is 36.7 Å². The van der Waals surface area contributed by atoms with Crippen molar-refractivity contribution >= 4 is 5.91 Å². The van der Waals surface area contributed by atoms with Crippen molar-refractivity contribution < 1.29 is 14.3 Å². The number of benzene rings is 1. The van der Waals surface area contributed by atoms with Crippen molar-refractivity contribution in [2.45, 2.75) is 6.92 Å². The highest BCUT2D eigenvalue weighted by Gasteiger charge is 2.16. The number of carbonyl (C=O) groups is 1. The number of halogens is 1. The van der Waals surface area contributed by atoms with Gasteiger partial charge in [-0.25, -0.2) is 9.07 Å². The molecule has 1 aromatic carbocycles. The first-order valence-corrected chi connectivity index (χ1v) is 6.37. The van der Waals surface area contributed by atoms with E-state index in [0.29, 0.717) is 6.54 Å². The minimum Gasteiger partial charge on any atom is -0.395 e. The Hall–Kier alpha value is -2.21. The molecule has 2 aromatic rings. The Morgan fingerprint density at radius 2 is 2.30 bits per heavy atom. The molecule has 5 nitrogen and oxygen atoms in total. The zero-order valence-corrected chi connectivity index (χ0v) is 11.2. The first-order chi connectivity index (χ1) is 9.67. The lowest BCUT2D eigenvalue weighted by molar-refractivity contribution is 0.0731. The van der Waals surface area contributed by atoms with Crippen molar-refractivity contribution in [2.75, 3.05) is 19.7 Å². The molecule has 0 fully saturated rings. The third-order valence-corrected chi connectivity index (χ3v) is 2.98. The molecule has 0 unspecified atom stereocenters. The van der Waals surface area contributed by atoms with Crippen molar-refractivity contribution in [1.82, 2.24) is 14.7 Å². The van der Waals surface area contributed by atoms with Crippen molar-refractivity contribution in [1.29, 1.82) is 0 Å². The van der Waals surface area contributed by atoms with Gasteiger partial charge in [0.15, 0.2) is 0 Å². The van der Waals surface area contributed by atoms with E-state index in [9.17, 15) is 9.18 Å². The number of aliphatic hydroxyl groups excluding tert-OH is 1. The van der Waals surface area contributed by atoms with Gasteiger partial charge in [-0.05, 0) is 31.2 Å². The monoisotopic (exact) mass is 277 g/mol. The summed E-state index contributed by atoms with van der Waals surface area (Å²) in [5.74, 6) is -0.813. The number of amides is 1. The third-order valence-electron chi connectivity index (χ3n) is 2.98. The van der Waals surface area contributed by atoms with Crippen LogP contribution < -0.4 is 0 Å². The number of aromatic nitrogens is 2. The van der Waals surface area contributed by atoms with Gasteiger partial charge in [0.2, 0.25) is 0 Å². The highest BCUT2D eigenvalue weighted by molar-refractivity contribution is 5.94. The Labute approximate surface area is 116 Å². The van der Waals surface area contributed by atoms with Gasteiger partial charge in [-0.3, -0.25) is 4.79 Å². The molecule has 0 radical (unpaired) electrons. The van der Waals surface area contributed by atoms with E-state index in [-0.39, 0.29) is 30.3 Å². The Morgan fingerprint density at radius 1 is 1.50 bits per heavy atom. The number of likely N-dealkylation sites (N-methyl/N-ethyl adjacent to an activating group) is 1. The average Bonchev–Trinajstić information content (AvgIpc) is 2.97. The molecule has 0 atom stereocenters. The first kappa shape index (κ1) is 14.2. The molecule has 0 saturated heterocycles. The standard InChI is InChI=1S/C14H16FN3O2/c1-2-17(8-9-19)14(20)11-4-5-13(12(15)10-11)18-7-3-6-16-18/h3-7,10,19H,2,8-9H2,1H3. The largest absolute Gasteiger partial charge is 0.395 e. The lowest BCUT2D eigenvalue weighted by Crippen LogP contribution is -2.33. The number of hydrogen-bond acceptors (Lipinski definition) is 3. The van der Waals surface area contributed by atoms with Gasteiger partial charge in [0, 0.05) is 31.0 Å². The summed E-state index contributed by atoms with van der Waals surface area (Å²) in [7, 11) is 0. The van der Waals surface area contributed by atoms with Crippen LogP contribution in [-0.4, -0.2) is 45.4 Å². The Bertz CT molecular complexity index is 584. The molecule has 0 bridgehead atoms. The van der Waals surface area contributed by atoms with Crippen LogP contribution in [0, 0.1) is 5.82 Å². The van der Waals surface area contributed by atoms with Crippen LogP contribution >= 0.6 is 0 Å². The van der Waals surface area contributed by atoms with Crippen molar-refractivity contribution in [3.8, 4) is 5.69 Å². The smallest absolute Gasteiger partial charge is 0.254 e. The van der Waals surface area contributed by atoms with E-state index < -0.39 is 5.82 Å². The van der Waals surface area contributed by atoms with Crippen LogP contribution in [0.5, 0.6) is 0 Å². The molecule has 2 rings (SSSR count). The van der Waals surface area contributed by atoms with Gasteiger partial charge in [0.05, 0.1) is 6.61 Å². The lowest BCUT2D eigenvalue weighted by Gasteiger charge is -2.19. The number of carbonyl (C=O) groups excluding carboxylic acids is 1. The van der Waals surface area contributed by atoms with Crippen LogP contribution in [-0.2, 0) is 0 Å². The zero-order valence-electron chi connectivity index (χ0n) is 11.2. The van der Waals surface area contributed by atoms with Gasteiger partial charge < -0.3 is 10.0 Å². The maximum atomic E-state index is 14.0. The summed E-state index contributed by atoms with van der Waals surface area (Å²) in [5, 5.41) is 12.9. The normalized spacial score (nSPS) is 10.6. The average molecular weight is 277 g/mol. The number of rotatable bonds is 5. The summed E-state index contributed by atoms with van der Waals surface area (Å²) in [6.07, 6.45) is 3.18. The van der Waals surface area contributed by atoms with Crippen molar-refractivity contribution in [3.05, 3.63) is 48.0 Å². The molecule has 0 aliphatic carbocycles. The maximum absolute atomic E-state index is 14.0. The second kappa shape index (κ2) is 6.29. The summed E-state index contributed by atoms with van der Waals surface area (Å²) >= 11 is 0. The molecule has 0 aliphatic heterocycles. The molecule has 20 heavy (non-hydrogen) atoms. The maximum Gasteiger partial charge on any atom is 0.254 e. The van der Waals surface area contributed by atoms with Crippen LogP contribution in [0.1, 0.15) is 17.3 Å². The molecule has 6 heteroatoms. The van der Waals surface area contributed by atoms with Gasteiger partial charge in [0.25, 0.3) is 5.91 Å². The lowest BCUT2D eigenvalue weighted by atomic mass is 10.1. The van der Waals surface area contributed by atoms with Gasteiger partial charge >= 0.3 is 0 Å². The second-order valence-electron chi connectivity index (χ2n) is 4.23. The molecular formula is C14H16FN3O2. The molecule has 1 aromatic heterocycles. The predicted molar refractivity (Wildman–Crippen MR) is 72.2 cm³/mol. The molecule has 1 heterocycles. The van der Waals surface area contributed by atoms with E-state index in [1.165, 1.54) is 21.7 Å². The van der Waals surface area contributed by atoms with Crippen molar-refractivity contribution in [2.24, 2.45) is 0 Å². The molecule has 0 aliphatic rings. The first-order valence-electron chi connectivity index (χ1n) is 6.37. The molecular weight excluding hydrogens is 261 g/mol. The van der Waals surface area contributed by atoms with Gasteiger partial charge in [0.1, 0.15) is 11.5 Å². The van der Waals surface area contributed by atoms with Crippen molar-refractivity contribution in [3.63, 3.8) is 0 Å². The van der Waals surface area contributed by atoms with E-state index in [0.717, 1.165) is 0 Å². The van der Waals surface area contributed by atoms with E-state index >= 15 is 0 Å². The molecule has 0 spiro atoms. The Morgan fingerprint density at radius 3 is 2.85 bits per heavy atom.